The maximum atomic E-state index is 12.2. The zero-order valence-electron chi connectivity index (χ0n) is 13.9. The molecule has 0 aliphatic rings. The van der Waals surface area contributed by atoms with Crippen molar-refractivity contribution in [2.24, 2.45) is 0 Å². The van der Waals surface area contributed by atoms with Crippen LogP contribution in [0.15, 0.2) is 24.3 Å². The molecule has 0 aliphatic carbocycles. The van der Waals surface area contributed by atoms with E-state index in [9.17, 15) is 9.59 Å². The lowest BCUT2D eigenvalue weighted by molar-refractivity contribution is -0.115. The summed E-state index contributed by atoms with van der Waals surface area (Å²) in [6, 6.07) is 7.00. The molecule has 1 rings (SSSR count). The van der Waals surface area contributed by atoms with Crippen LogP contribution in [0.4, 0.5) is 11.4 Å². The molecule has 0 unspecified atom stereocenters. The van der Waals surface area contributed by atoms with Gasteiger partial charge < -0.3 is 15.5 Å². The van der Waals surface area contributed by atoms with Crippen LogP contribution in [-0.2, 0) is 9.59 Å². The summed E-state index contributed by atoms with van der Waals surface area (Å²) in [5.41, 5.74) is 1.38. The SMILES string of the molecule is CCN(CC)C(=S)S[C@@H](C)C(=O)Nc1ccc(NC(C)=O)cc1. The first-order valence-electron chi connectivity index (χ1n) is 7.51. The lowest BCUT2D eigenvalue weighted by Gasteiger charge is -2.22. The molecular weight excluding hydrogens is 330 g/mol. The van der Waals surface area contributed by atoms with E-state index in [2.05, 4.69) is 10.6 Å². The molecule has 1 aromatic rings. The van der Waals surface area contributed by atoms with Gasteiger partial charge in [0.25, 0.3) is 0 Å². The van der Waals surface area contributed by atoms with Crippen molar-refractivity contribution in [1.82, 2.24) is 4.90 Å². The summed E-state index contributed by atoms with van der Waals surface area (Å²) in [6.07, 6.45) is 0. The minimum absolute atomic E-state index is 0.100. The maximum Gasteiger partial charge on any atom is 0.237 e. The molecule has 0 aromatic heterocycles. The van der Waals surface area contributed by atoms with Crippen molar-refractivity contribution in [3.8, 4) is 0 Å². The molecule has 7 heteroatoms. The van der Waals surface area contributed by atoms with Gasteiger partial charge in [0, 0.05) is 31.4 Å². The van der Waals surface area contributed by atoms with Gasteiger partial charge in [0.15, 0.2) is 0 Å². The highest BCUT2D eigenvalue weighted by Crippen LogP contribution is 2.19. The molecule has 1 atom stereocenters. The number of thiocarbonyl (C=S) groups is 1. The fourth-order valence-electron chi connectivity index (χ4n) is 1.85. The van der Waals surface area contributed by atoms with Crippen molar-refractivity contribution >= 4 is 51.5 Å². The Bertz CT molecular complexity index is 557. The normalized spacial score (nSPS) is 11.5. The van der Waals surface area contributed by atoms with Gasteiger partial charge in [-0.05, 0) is 45.0 Å². The smallest absolute Gasteiger partial charge is 0.237 e. The highest BCUT2D eigenvalue weighted by Gasteiger charge is 2.18. The Morgan fingerprint density at radius 1 is 1.13 bits per heavy atom. The van der Waals surface area contributed by atoms with Crippen LogP contribution in [0.25, 0.3) is 0 Å². The van der Waals surface area contributed by atoms with E-state index in [1.807, 2.05) is 25.7 Å². The number of carbonyl (C=O) groups excluding carboxylic acids is 2. The Morgan fingerprint density at radius 2 is 1.61 bits per heavy atom. The molecular formula is C16H23N3O2S2. The topological polar surface area (TPSA) is 61.4 Å². The number of anilines is 2. The standard InChI is InChI=1S/C16H23N3O2S2/c1-5-19(6-2)16(22)23-11(3)15(21)18-14-9-7-13(8-10-14)17-12(4)20/h7-11H,5-6H2,1-4H3,(H,17,20)(H,18,21)/t11-/m0/s1. The van der Waals surface area contributed by atoms with Gasteiger partial charge in [-0.25, -0.2) is 0 Å². The molecule has 0 saturated carbocycles. The highest BCUT2D eigenvalue weighted by atomic mass is 32.2. The van der Waals surface area contributed by atoms with E-state index in [4.69, 9.17) is 12.2 Å². The minimum atomic E-state index is -0.280. The first-order valence-corrected chi connectivity index (χ1v) is 8.80. The number of carbonyl (C=O) groups is 2. The Morgan fingerprint density at radius 3 is 2.04 bits per heavy atom. The van der Waals surface area contributed by atoms with Crippen molar-refractivity contribution in [3.05, 3.63) is 24.3 Å². The Kier molecular flexibility index (Phi) is 8.05. The molecule has 0 saturated heterocycles. The number of nitrogens with zero attached hydrogens (tertiary/aromatic N) is 1. The van der Waals surface area contributed by atoms with E-state index < -0.39 is 0 Å². The van der Waals surface area contributed by atoms with Crippen LogP contribution < -0.4 is 10.6 Å². The number of benzene rings is 1. The number of hydrogen-bond donors (Lipinski definition) is 2. The van der Waals surface area contributed by atoms with Crippen molar-refractivity contribution in [2.75, 3.05) is 23.7 Å². The maximum absolute atomic E-state index is 12.2. The third-order valence-electron chi connectivity index (χ3n) is 3.14. The second-order valence-electron chi connectivity index (χ2n) is 4.95. The number of hydrogen-bond acceptors (Lipinski definition) is 4. The monoisotopic (exact) mass is 353 g/mol. The summed E-state index contributed by atoms with van der Waals surface area (Å²) < 4.78 is 0.735. The molecule has 126 valence electrons. The van der Waals surface area contributed by atoms with E-state index in [0.717, 1.165) is 17.4 Å². The van der Waals surface area contributed by atoms with E-state index in [1.165, 1.54) is 18.7 Å². The van der Waals surface area contributed by atoms with Crippen LogP contribution in [-0.4, -0.2) is 39.4 Å². The lowest BCUT2D eigenvalue weighted by Crippen LogP contribution is -2.31. The number of thioether (sulfide) groups is 1. The first-order chi connectivity index (χ1) is 10.9. The van der Waals surface area contributed by atoms with Crippen LogP contribution in [0.5, 0.6) is 0 Å². The van der Waals surface area contributed by atoms with Gasteiger partial charge in [-0.2, -0.15) is 0 Å². The predicted molar refractivity (Wildman–Crippen MR) is 102 cm³/mol. The number of nitrogens with one attached hydrogen (secondary N) is 2. The van der Waals surface area contributed by atoms with Crippen molar-refractivity contribution in [1.29, 1.82) is 0 Å². The second kappa shape index (κ2) is 9.52. The molecule has 0 heterocycles. The summed E-state index contributed by atoms with van der Waals surface area (Å²) in [4.78, 5) is 25.3. The summed E-state index contributed by atoms with van der Waals surface area (Å²) in [5.74, 6) is -0.228. The first kappa shape index (κ1) is 19.4. The third-order valence-corrected chi connectivity index (χ3v) is 4.72. The van der Waals surface area contributed by atoms with Crippen LogP contribution in [0, 0.1) is 0 Å². The molecule has 1 aromatic carbocycles. The minimum Gasteiger partial charge on any atom is -0.358 e. The van der Waals surface area contributed by atoms with Gasteiger partial charge in [0.2, 0.25) is 11.8 Å². The Labute approximate surface area is 147 Å². The van der Waals surface area contributed by atoms with Crippen LogP contribution in [0.3, 0.4) is 0 Å². The van der Waals surface area contributed by atoms with Gasteiger partial charge >= 0.3 is 0 Å². The van der Waals surface area contributed by atoms with E-state index in [1.54, 1.807) is 24.3 Å². The molecule has 2 N–H and O–H groups in total. The van der Waals surface area contributed by atoms with Crippen LogP contribution in [0.2, 0.25) is 0 Å². The van der Waals surface area contributed by atoms with Gasteiger partial charge in [0.1, 0.15) is 4.32 Å². The van der Waals surface area contributed by atoms with Crippen molar-refractivity contribution < 1.29 is 9.59 Å². The highest BCUT2D eigenvalue weighted by molar-refractivity contribution is 8.23. The zero-order valence-corrected chi connectivity index (χ0v) is 15.5. The Hall–Kier alpha value is -1.60. The molecule has 0 aliphatic heterocycles. The fraction of sp³-hybridized carbons (Fsp3) is 0.438. The average Bonchev–Trinajstić information content (AvgIpc) is 2.49. The number of amides is 2. The van der Waals surface area contributed by atoms with Crippen molar-refractivity contribution in [2.45, 2.75) is 32.9 Å². The molecule has 0 bridgehead atoms. The zero-order chi connectivity index (χ0) is 17.4. The van der Waals surface area contributed by atoms with E-state index in [-0.39, 0.29) is 17.1 Å². The Balaban J connectivity index is 2.57. The molecule has 0 fully saturated rings. The summed E-state index contributed by atoms with van der Waals surface area (Å²) in [6.45, 7) is 9.03. The van der Waals surface area contributed by atoms with Crippen molar-refractivity contribution in [3.63, 3.8) is 0 Å². The predicted octanol–water partition coefficient (Wildman–Crippen LogP) is 3.33. The third kappa shape index (κ3) is 6.58. The lowest BCUT2D eigenvalue weighted by atomic mass is 10.2. The fourth-order valence-corrected chi connectivity index (χ4v) is 3.41. The number of rotatable bonds is 6. The van der Waals surface area contributed by atoms with Gasteiger partial charge in [-0.3, -0.25) is 9.59 Å². The molecule has 5 nitrogen and oxygen atoms in total. The van der Waals surface area contributed by atoms with Gasteiger partial charge in [0.05, 0.1) is 5.25 Å². The van der Waals surface area contributed by atoms with E-state index in [0.29, 0.717) is 11.4 Å². The van der Waals surface area contributed by atoms with Gasteiger partial charge in [-0.1, -0.05) is 24.0 Å². The molecule has 2 amide bonds. The van der Waals surface area contributed by atoms with Gasteiger partial charge in [-0.15, -0.1) is 0 Å². The van der Waals surface area contributed by atoms with E-state index >= 15 is 0 Å². The average molecular weight is 354 g/mol. The summed E-state index contributed by atoms with van der Waals surface area (Å²) in [5, 5.41) is 5.25. The molecule has 23 heavy (non-hydrogen) atoms. The summed E-state index contributed by atoms with van der Waals surface area (Å²) >= 11 is 6.74. The van der Waals surface area contributed by atoms with Crippen LogP contribution >= 0.6 is 24.0 Å². The largest absolute Gasteiger partial charge is 0.358 e. The molecule has 0 radical (unpaired) electrons. The second-order valence-corrected chi connectivity index (χ2v) is 6.92. The van der Waals surface area contributed by atoms with Crippen LogP contribution in [0.1, 0.15) is 27.7 Å². The molecule has 0 spiro atoms. The summed E-state index contributed by atoms with van der Waals surface area (Å²) in [7, 11) is 0. The quantitative estimate of drug-likeness (QED) is 0.768.